The van der Waals surface area contributed by atoms with Gasteiger partial charge in [0.2, 0.25) is 28.5 Å². The van der Waals surface area contributed by atoms with Gasteiger partial charge in [-0.25, -0.2) is 22.8 Å². The molecule has 0 N–H and O–H groups in total. The third kappa shape index (κ3) is 22.4. The number of benzene rings is 5. The third-order valence-corrected chi connectivity index (χ3v) is 22.5. The summed E-state index contributed by atoms with van der Waals surface area (Å²) in [6.07, 6.45) is 41.8. The molecule has 10 unspecified atom stereocenters. The summed E-state index contributed by atoms with van der Waals surface area (Å²) in [6, 6.07) is 54.9. The molecule has 0 radical (unpaired) electrons. The molecule has 0 spiro atoms. The Balaban J connectivity index is 0.000000212. The van der Waals surface area contributed by atoms with E-state index in [1.807, 2.05) is 138 Å². The first kappa shape index (κ1) is 94.4. The Kier molecular flexibility index (Phi) is 38.0. The molecule has 10 aromatic rings. The van der Waals surface area contributed by atoms with Crippen LogP contribution in [0, 0.1) is 76.0 Å². The summed E-state index contributed by atoms with van der Waals surface area (Å²) < 4.78 is 11.3. The average Bonchev–Trinajstić information content (AvgIpc) is 1.59. The van der Waals surface area contributed by atoms with Crippen molar-refractivity contribution in [2.24, 2.45) is 76.7 Å². The summed E-state index contributed by atoms with van der Waals surface area (Å²) in [4.78, 5) is 0. The van der Waals surface area contributed by atoms with Crippen molar-refractivity contribution < 1.29 is 22.8 Å². The zero-order valence-electron chi connectivity index (χ0n) is 77.1. The van der Waals surface area contributed by atoms with E-state index in [9.17, 15) is 0 Å². The van der Waals surface area contributed by atoms with Gasteiger partial charge >= 0.3 is 0 Å². The molecule has 10 aliphatic rings. The van der Waals surface area contributed by atoms with Gasteiger partial charge in [-0.3, -0.25) is 0 Å². The minimum Gasteiger partial charge on any atom is -0.201 e. The molecule has 5 fully saturated rings. The molecule has 5 aromatic carbocycles. The summed E-state index contributed by atoms with van der Waals surface area (Å²) in [6.45, 7) is 51.0. The predicted octanol–water partition coefficient (Wildman–Crippen LogP) is 24.5. The highest BCUT2D eigenvalue weighted by Crippen LogP contribution is 2.56. The minimum absolute atomic E-state index is 0.752. The van der Waals surface area contributed by atoms with Gasteiger partial charge in [-0.1, -0.05) is 290 Å². The molecule has 5 heterocycles. The Morgan fingerprint density at radius 2 is 0.626 bits per heavy atom. The second-order valence-electron chi connectivity index (χ2n) is 29.3. The number of fused-ring (bicyclic) bond motifs is 13. The van der Waals surface area contributed by atoms with Crippen molar-refractivity contribution in [3.63, 3.8) is 0 Å². The second kappa shape index (κ2) is 46.3. The molecule has 5 aromatic heterocycles. The van der Waals surface area contributed by atoms with E-state index in [-0.39, 0.29) is 0 Å². The van der Waals surface area contributed by atoms with Gasteiger partial charge in [0, 0.05) is 74.5 Å². The lowest BCUT2D eigenvalue weighted by Crippen LogP contribution is -2.44. The van der Waals surface area contributed by atoms with Crippen LogP contribution in [0.25, 0.3) is 98.8 Å². The number of nitrogens with zero attached hydrogens (tertiary/aromatic N) is 5. The smallest absolute Gasteiger partial charge is 0.201 e. The quantitative estimate of drug-likeness (QED) is 0.153. The van der Waals surface area contributed by atoms with Crippen LogP contribution < -0.4 is 43.7 Å². The van der Waals surface area contributed by atoms with Crippen LogP contribution in [0.3, 0.4) is 0 Å². The van der Waals surface area contributed by atoms with Crippen molar-refractivity contribution in [1.82, 2.24) is 0 Å². The molecule has 5 heteroatoms. The Labute approximate surface area is 699 Å². The fraction of sp³-hybridized carbons (Fsp3) is 0.409. The van der Waals surface area contributed by atoms with Crippen LogP contribution in [-0.2, 0) is 35.2 Å². The minimum atomic E-state index is 0.752. The number of rotatable bonds is 5. The molecular weight excluding hydrogens is 1390 g/mol. The van der Waals surface area contributed by atoms with Crippen LogP contribution in [-0.4, -0.2) is 0 Å². The number of aryl methyl sites for hydroxylation is 10. The van der Waals surface area contributed by atoms with Crippen molar-refractivity contribution in [2.45, 2.75) is 223 Å². The largest absolute Gasteiger partial charge is 0.220 e. The van der Waals surface area contributed by atoms with Crippen molar-refractivity contribution in [1.29, 1.82) is 0 Å². The van der Waals surface area contributed by atoms with Gasteiger partial charge in [0.1, 0.15) is 35.2 Å². The monoisotopic (exact) mass is 1540 g/mol. The van der Waals surface area contributed by atoms with Crippen molar-refractivity contribution >= 4 is 42.5 Å². The highest BCUT2D eigenvalue weighted by molar-refractivity contribution is 5.77. The first-order chi connectivity index (χ1) is 56.2. The topological polar surface area (TPSA) is 19.4 Å². The summed E-state index contributed by atoms with van der Waals surface area (Å²) >= 11 is 0. The lowest BCUT2D eigenvalue weighted by molar-refractivity contribution is -0.661. The van der Waals surface area contributed by atoms with E-state index in [1.54, 1.807) is 16.7 Å². The zero-order chi connectivity index (χ0) is 84.9. The molecule has 0 bridgehead atoms. The highest BCUT2D eigenvalue weighted by atomic mass is 14.9. The van der Waals surface area contributed by atoms with Gasteiger partial charge in [0.05, 0.1) is 10.8 Å². The second-order valence-corrected chi connectivity index (χ2v) is 29.3. The Morgan fingerprint density at radius 1 is 0.270 bits per heavy atom. The lowest BCUT2D eigenvalue weighted by Gasteiger charge is -2.14. The Morgan fingerprint density at radius 3 is 1.13 bits per heavy atom. The number of pyridine rings is 5. The molecule has 0 aliphatic heterocycles. The van der Waals surface area contributed by atoms with E-state index in [2.05, 4.69) is 336 Å². The van der Waals surface area contributed by atoms with Gasteiger partial charge in [-0.15, -0.1) is 0 Å². The molecule has 5 nitrogen and oxygen atoms in total. The number of aromatic nitrogens is 5. The molecule has 610 valence electrons. The zero-order valence-corrected chi connectivity index (χ0v) is 77.1. The van der Waals surface area contributed by atoms with Gasteiger partial charge in [0.25, 0.3) is 0 Å². The Hall–Kier alpha value is -9.45. The standard InChI is InChI=1S/5C18H18N.10C2H6/c1-12-5-3-4-6-17(12)18-10-15-8-13-7-14(13)9-16(15)11-19(18)2;1-12-5-3-4-6-16(12)18-17-11-15-10-14(15)9-13(17)7-8-19(18)2;1-12-5-3-4-6-15(12)18-10-17-14(11-19(18)2)8-7-13-9-16(13)17;1-12-5-3-4-6-14(12)18-16-8-7-13-11-17(13)15(16)9-10-19(18)2;1-12-5-3-4-6-15(12)18-17-13(9-10-19(18)2)7-8-14-11-16(14)17;10*1-2/h3-6,8-11,13-14H,7H2,1-2H3;3-9,11,14-15H,10H2,1-2H3;3-8,10-11,13,16H,9H2,1-2H3;3-10,13,17H,11H2,1-2H3;3-10,14,16H,11H2,1-2H3;10*1-2H3/q5*+1;;;;;;;;;;. The van der Waals surface area contributed by atoms with E-state index in [0.29, 0.717) is 0 Å². The van der Waals surface area contributed by atoms with Gasteiger partial charge in [-0.05, 0) is 211 Å². The number of allylic oxidation sites excluding steroid dienone is 3. The molecule has 10 atom stereocenters. The fourth-order valence-corrected chi connectivity index (χ4v) is 16.4. The lowest BCUT2D eigenvalue weighted by atomic mass is 9.91. The number of hydrogen-bond acceptors (Lipinski definition) is 0. The van der Waals surface area contributed by atoms with Crippen molar-refractivity contribution in [3.8, 4) is 56.3 Å². The van der Waals surface area contributed by atoms with Crippen LogP contribution in [0.5, 0.6) is 0 Å². The van der Waals surface area contributed by atoms with Crippen LogP contribution >= 0.6 is 0 Å². The Bertz CT molecular complexity index is 5150. The van der Waals surface area contributed by atoms with Gasteiger partial charge < -0.3 is 0 Å². The molecule has 0 saturated heterocycles. The van der Waals surface area contributed by atoms with Gasteiger partial charge in [0.15, 0.2) is 31.0 Å². The first-order valence-electron chi connectivity index (χ1n) is 45.1. The summed E-state index contributed by atoms with van der Waals surface area (Å²) in [7, 11) is 10.8. The maximum Gasteiger partial charge on any atom is 0.220 e. The summed E-state index contributed by atoms with van der Waals surface area (Å²) in [5, 5.41) is 5.65. The highest BCUT2D eigenvalue weighted by Gasteiger charge is 2.45. The van der Waals surface area contributed by atoms with E-state index in [0.717, 1.165) is 59.2 Å². The molecule has 0 amide bonds. The summed E-state index contributed by atoms with van der Waals surface area (Å²) in [5.74, 6) is 7.95. The predicted molar refractivity (Wildman–Crippen MR) is 502 cm³/mol. The molecule has 20 rings (SSSR count). The van der Waals surface area contributed by atoms with Crippen LogP contribution in [0.2, 0.25) is 0 Å². The van der Waals surface area contributed by atoms with Crippen LogP contribution in [0.1, 0.15) is 250 Å². The molecular formula is C110H150N5+5. The number of hydrogen-bond donors (Lipinski definition) is 0. The normalized spacial score (nSPS) is 19.4. The maximum atomic E-state index is 2.49. The average molecular weight is 1540 g/mol. The molecule has 5 saturated carbocycles. The van der Waals surface area contributed by atoms with Gasteiger partial charge in [-0.2, -0.15) is 0 Å². The fourth-order valence-electron chi connectivity index (χ4n) is 16.4. The SMILES string of the molecule is CC.CC.CC.CC.CC.CC.CC.CC.CC.CC.Cc1ccccc1-c1c2c(cc[n+]1C)=CC1CC1C=2.Cc1ccccc1-c1c2c(cc[n+]1C)C1CC1C=C2.Cc1ccccc1-c1c2c(cc[n+]1C)C=CC1CC21.Cc1ccccc1-c1cc2c(c[n+]1C)=CC1CC1C=2.Cc1ccccc1-c1cc2c(c[n+]1C)C=CC1CC21. The molecule has 115 heavy (non-hydrogen) atoms. The first-order valence-corrected chi connectivity index (χ1v) is 45.1. The molecule has 10 aliphatic carbocycles. The van der Waals surface area contributed by atoms with E-state index < -0.39 is 0 Å². The van der Waals surface area contributed by atoms with Crippen molar-refractivity contribution in [2.75, 3.05) is 0 Å². The third-order valence-electron chi connectivity index (χ3n) is 22.5. The van der Waals surface area contributed by atoms with E-state index >= 15 is 0 Å². The summed E-state index contributed by atoms with van der Waals surface area (Å²) in [5.41, 5.74) is 29.1. The maximum absolute atomic E-state index is 2.49. The van der Waals surface area contributed by atoms with Crippen LogP contribution in [0.15, 0.2) is 201 Å². The van der Waals surface area contributed by atoms with Crippen molar-refractivity contribution in [3.05, 3.63) is 283 Å². The van der Waals surface area contributed by atoms with E-state index in [4.69, 9.17) is 0 Å². The van der Waals surface area contributed by atoms with Crippen LogP contribution in [0.4, 0.5) is 0 Å². The van der Waals surface area contributed by atoms with E-state index in [1.165, 1.54) is 154 Å².